The Hall–Kier alpha value is -1.56. The average Bonchev–Trinajstić information content (AvgIpc) is 3.38. The quantitative estimate of drug-likeness (QED) is 0.807. The maximum atomic E-state index is 12.3. The van der Waals surface area contributed by atoms with Gasteiger partial charge in [-0.25, -0.2) is 4.68 Å². The van der Waals surface area contributed by atoms with Gasteiger partial charge in [-0.3, -0.25) is 4.79 Å². The largest absolute Gasteiger partial charge is 0.354 e. The Morgan fingerprint density at radius 3 is 2.72 bits per heavy atom. The minimum Gasteiger partial charge on any atom is -0.354 e. The van der Waals surface area contributed by atoms with E-state index in [1.807, 2.05) is 19.9 Å². The fraction of sp³-hybridized carbons (Fsp3) is 0.444. The molecule has 0 aliphatic heterocycles. The molecule has 1 aliphatic rings. The van der Waals surface area contributed by atoms with E-state index in [2.05, 4.69) is 10.4 Å². The van der Waals surface area contributed by atoms with E-state index in [1.165, 1.54) is 12.8 Å². The van der Waals surface area contributed by atoms with Crippen molar-refractivity contribution in [1.29, 1.82) is 0 Å². The number of nitrogens with one attached hydrogen (secondary N) is 1. The van der Waals surface area contributed by atoms with Crippen molar-refractivity contribution in [1.82, 2.24) is 15.1 Å². The summed E-state index contributed by atoms with van der Waals surface area (Å²) in [7, 11) is 0. The van der Waals surface area contributed by atoms with Gasteiger partial charge in [-0.1, -0.05) is 23.2 Å². The van der Waals surface area contributed by atoms with Crippen molar-refractivity contribution in [2.45, 2.75) is 39.2 Å². The molecule has 1 atom stereocenters. The second-order valence-corrected chi connectivity index (χ2v) is 7.46. The molecule has 1 aliphatic carbocycles. The molecule has 3 N–H and O–H groups in total. The Balaban J connectivity index is 1.72. The van der Waals surface area contributed by atoms with Gasteiger partial charge in [0.05, 0.1) is 27.8 Å². The molecule has 0 bridgehead atoms. The first-order chi connectivity index (χ1) is 11.9. The summed E-state index contributed by atoms with van der Waals surface area (Å²) in [5.41, 5.74) is 9.51. The van der Waals surface area contributed by atoms with Gasteiger partial charge in [0, 0.05) is 23.8 Å². The van der Waals surface area contributed by atoms with E-state index in [-0.39, 0.29) is 18.4 Å². The van der Waals surface area contributed by atoms with E-state index in [0.29, 0.717) is 22.5 Å². The monoisotopic (exact) mass is 380 g/mol. The van der Waals surface area contributed by atoms with Crippen LogP contribution >= 0.6 is 23.2 Å². The molecular formula is C18H22Cl2N4O. The summed E-state index contributed by atoms with van der Waals surface area (Å²) < 4.78 is 1.79. The average molecular weight is 381 g/mol. The minimum atomic E-state index is -0.0315. The molecule has 0 radical (unpaired) electrons. The number of nitrogens with two attached hydrogens (primary N) is 1. The Kier molecular flexibility index (Phi) is 5.37. The van der Waals surface area contributed by atoms with E-state index >= 15 is 0 Å². The number of amides is 1. The first-order valence-corrected chi connectivity index (χ1v) is 9.15. The molecule has 1 unspecified atom stereocenters. The minimum absolute atomic E-state index is 0.0315. The molecule has 2 aromatic rings. The Morgan fingerprint density at radius 2 is 2.08 bits per heavy atom. The van der Waals surface area contributed by atoms with Crippen LogP contribution in [-0.4, -0.2) is 28.3 Å². The van der Waals surface area contributed by atoms with E-state index in [4.69, 9.17) is 28.9 Å². The van der Waals surface area contributed by atoms with Gasteiger partial charge in [-0.15, -0.1) is 0 Å². The first-order valence-electron chi connectivity index (χ1n) is 8.39. The Bertz CT molecular complexity index is 799. The van der Waals surface area contributed by atoms with Crippen LogP contribution in [0.5, 0.6) is 0 Å². The third-order valence-electron chi connectivity index (χ3n) is 4.69. The highest BCUT2D eigenvalue weighted by atomic mass is 35.5. The molecule has 1 heterocycles. The van der Waals surface area contributed by atoms with Crippen LogP contribution in [0.2, 0.25) is 10.0 Å². The van der Waals surface area contributed by atoms with Crippen LogP contribution in [0.15, 0.2) is 18.2 Å². The molecule has 25 heavy (non-hydrogen) atoms. The van der Waals surface area contributed by atoms with Crippen LogP contribution in [-0.2, 0) is 11.2 Å². The van der Waals surface area contributed by atoms with Gasteiger partial charge in [0.25, 0.3) is 0 Å². The molecule has 5 nitrogen and oxygen atoms in total. The normalized spacial score (nSPS) is 15.2. The zero-order chi connectivity index (χ0) is 18.1. The SMILES string of the molecule is Cc1nn(-c2ccc(Cl)c(Cl)c2)c(C)c1CC(=O)NCC(N)C1CC1. The summed E-state index contributed by atoms with van der Waals surface area (Å²) in [5.74, 6) is 0.539. The number of halogens is 2. The van der Waals surface area contributed by atoms with Crippen LogP contribution in [0, 0.1) is 19.8 Å². The van der Waals surface area contributed by atoms with Gasteiger partial charge >= 0.3 is 0 Å². The van der Waals surface area contributed by atoms with Crippen LogP contribution in [0.4, 0.5) is 0 Å². The van der Waals surface area contributed by atoms with E-state index in [0.717, 1.165) is 22.6 Å². The number of aromatic nitrogens is 2. The highest BCUT2D eigenvalue weighted by Gasteiger charge is 2.28. The van der Waals surface area contributed by atoms with Gasteiger partial charge in [0.2, 0.25) is 5.91 Å². The lowest BCUT2D eigenvalue weighted by molar-refractivity contribution is -0.120. The number of aryl methyl sites for hydroxylation is 1. The maximum Gasteiger partial charge on any atom is 0.224 e. The van der Waals surface area contributed by atoms with Crippen molar-refractivity contribution in [2.24, 2.45) is 11.7 Å². The highest BCUT2D eigenvalue weighted by molar-refractivity contribution is 6.42. The molecule has 3 rings (SSSR count). The lowest BCUT2D eigenvalue weighted by Gasteiger charge is -2.11. The van der Waals surface area contributed by atoms with Gasteiger partial charge < -0.3 is 11.1 Å². The van der Waals surface area contributed by atoms with Crippen molar-refractivity contribution in [2.75, 3.05) is 6.54 Å². The van der Waals surface area contributed by atoms with Crippen LogP contribution < -0.4 is 11.1 Å². The molecule has 134 valence electrons. The first kappa shape index (κ1) is 18.2. The Labute approximate surface area is 157 Å². The van der Waals surface area contributed by atoms with Gasteiger partial charge in [-0.2, -0.15) is 5.10 Å². The fourth-order valence-corrected chi connectivity index (χ4v) is 3.24. The molecule has 0 spiro atoms. The van der Waals surface area contributed by atoms with E-state index in [9.17, 15) is 4.79 Å². The lowest BCUT2D eigenvalue weighted by Crippen LogP contribution is -2.39. The van der Waals surface area contributed by atoms with Crippen molar-refractivity contribution in [3.63, 3.8) is 0 Å². The van der Waals surface area contributed by atoms with Crippen molar-refractivity contribution in [3.05, 3.63) is 45.2 Å². The third kappa shape index (κ3) is 4.17. The Morgan fingerprint density at radius 1 is 1.36 bits per heavy atom. The summed E-state index contributed by atoms with van der Waals surface area (Å²) in [6.45, 7) is 4.38. The number of nitrogens with zero attached hydrogens (tertiary/aromatic N) is 2. The van der Waals surface area contributed by atoms with Crippen LogP contribution in [0.1, 0.15) is 29.8 Å². The number of carbonyl (C=O) groups is 1. The van der Waals surface area contributed by atoms with Crippen molar-refractivity contribution < 1.29 is 4.79 Å². The molecular weight excluding hydrogens is 359 g/mol. The summed E-state index contributed by atoms with van der Waals surface area (Å²) >= 11 is 12.1. The van der Waals surface area contributed by atoms with Crippen molar-refractivity contribution >= 4 is 29.1 Å². The molecule has 7 heteroatoms. The zero-order valence-corrected chi connectivity index (χ0v) is 15.9. The number of rotatable bonds is 6. The van der Waals surface area contributed by atoms with Crippen molar-refractivity contribution in [3.8, 4) is 5.69 Å². The smallest absolute Gasteiger partial charge is 0.224 e. The highest BCUT2D eigenvalue weighted by Crippen LogP contribution is 2.31. The third-order valence-corrected chi connectivity index (χ3v) is 5.43. The molecule has 1 amide bonds. The molecule has 0 saturated heterocycles. The second kappa shape index (κ2) is 7.36. The molecule has 1 aromatic carbocycles. The predicted octanol–water partition coefficient (Wildman–Crippen LogP) is 3.19. The number of hydrogen-bond acceptors (Lipinski definition) is 3. The number of benzene rings is 1. The van der Waals surface area contributed by atoms with Crippen LogP contribution in [0.25, 0.3) is 5.69 Å². The number of carbonyl (C=O) groups excluding carboxylic acids is 1. The zero-order valence-electron chi connectivity index (χ0n) is 14.4. The summed E-state index contributed by atoms with van der Waals surface area (Å²) in [5, 5.41) is 8.45. The summed E-state index contributed by atoms with van der Waals surface area (Å²) in [6, 6.07) is 5.42. The summed E-state index contributed by atoms with van der Waals surface area (Å²) in [6.07, 6.45) is 2.63. The maximum absolute atomic E-state index is 12.3. The number of hydrogen-bond donors (Lipinski definition) is 2. The molecule has 1 aromatic heterocycles. The topological polar surface area (TPSA) is 72.9 Å². The van der Waals surface area contributed by atoms with Crippen LogP contribution in [0.3, 0.4) is 0 Å². The van der Waals surface area contributed by atoms with Gasteiger partial charge in [0.1, 0.15) is 0 Å². The predicted molar refractivity (Wildman–Crippen MR) is 100 cm³/mol. The van der Waals surface area contributed by atoms with Gasteiger partial charge in [0.15, 0.2) is 0 Å². The van der Waals surface area contributed by atoms with E-state index < -0.39 is 0 Å². The van der Waals surface area contributed by atoms with Gasteiger partial charge in [-0.05, 0) is 50.8 Å². The lowest BCUT2D eigenvalue weighted by atomic mass is 10.1. The fourth-order valence-electron chi connectivity index (χ4n) is 2.94. The second-order valence-electron chi connectivity index (χ2n) is 6.64. The standard InChI is InChI=1S/C18H22Cl2N4O/c1-10-14(8-18(25)22-9-17(21)12-3-4-12)11(2)24(23-10)13-5-6-15(19)16(20)7-13/h5-7,12,17H,3-4,8-9,21H2,1-2H3,(H,22,25). The molecule has 1 saturated carbocycles. The van der Waals surface area contributed by atoms with E-state index in [1.54, 1.807) is 16.8 Å². The summed E-state index contributed by atoms with van der Waals surface area (Å²) in [4.78, 5) is 12.3. The molecule has 1 fully saturated rings.